The van der Waals surface area contributed by atoms with Crippen molar-refractivity contribution in [3.8, 4) is 11.4 Å². The van der Waals surface area contributed by atoms with E-state index in [1.54, 1.807) is 19.1 Å². The molecule has 0 aliphatic rings. The minimum absolute atomic E-state index is 0.0556. The van der Waals surface area contributed by atoms with E-state index < -0.39 is 10.0 Å². The van der Waals surface area contributed by atoms with E-state index in [0.717, 1.165) is 16.5 Å². The Balaban J connectivity index is 1.90. The molecule has 26 heavy (non-hydrogen) atoms. The van der Waals surface area contributed by atoms with Gasteiger partial charge in [0.2, 0.25) is 10.0 Å². The molecule has 6 nitrogen and oxygen atoms in total. The van der Waals surface area contributed by atoms with Gasteiger partial charge in [-0.3, -0.25) is 0 Å². The molecule has 2 N–H and O–H groups in total. The lowest BCUT2D eigenvalue weighted by molar-refractivity contribution is 0.584. The van der Waals surface area contributed by atoms with Gasteiger partial charge in [0.1, 0.15) is 5.82 Å². The zero-order valence-electron chi connectivity index (χ0n) is 14.2. The zero-order valence-corrected chi connectivity index (χ0v) is 15.8. The van der Waals surface area contributed by atoms with Crippen LogP contribution in [0.25, 0.3) is 22.3 Å². The van der Waals surface area contributed by atoms with Crippen LogP contribution in [0.5, 0.6) is 0 Å². The molecule has 0 atom stereocenters. The Morgan fingerprint density at radius 2 is 1.81 bits per heavy atom. The van der Waals surface area contributed by atoms with Crippen LogP contribution < -0.4 is 10.0 Å². The highest BCUT2D eigenvalue weighted by atomic mass is 35.5. The van der Waals surface area contributed by atoms with Gasteiger partial charge in [0.25, 0.3) is 0 Å². The van der Waals surface area contributed by atoms with Crippen molar-refractivity contribution in [1.82, 2.24) is 14.7 Å². The van der Waals surface area contributed by atoms with Crippen molar-refractivity contribution in [2.75, 3.05) is 24.2 Å². The molecule has 0 unspecified atom stereocenters. The van der Waals surface area contributed by atoms with Crippen molar-refractivity contribution < 1.29 is 8.42 Å². The quantitative estimate of drug-likeness (QED) is 0.605. The molecule has 8 heteroatoms. The highest BCUT2D eigenvalue weighted by molar-refractivity contribution is 7.89. The monoisotopic (exact) mass is 390 g/mol. The molecular formula is C18H19ClN4O2S. The summed E-state index contributed by atoms with van der Waals surface area (Å²) < 4.78 is 25.6. The fourth-order valence-corrected chi connectivity index (χ4v) is 3.23. The zero-order chi connectivity index (χ0) is 18.6. The van der Waals surface area contributed by atoms with E-state index in [1.165, 1.54) is 0 Å². The van der Waals surface area contributed by atoms with Gasteiger partial charge >= 0.3 is 0 Å². The number of aromatic nitrogens is 2. The highest BCUT2D eigenvalue weighted by Gasteiger charge is 2.10. The Bertz CT molecular complexity index is 1010. The summed E-state index contributed by atoms with van der Waals surface area (Å²) in [5, 5.41) is 4.61. The topological polar surface area (TPSA) is 84.0 Å². The summed E-state index contributed by atoms with van der Waals surface area (Å²) in [5.41, 5.74) is 1.62. The fraction of sp³-hybridized carbons (Fsp3) is 0.222. The maximum atomic E-state index is 11.5. The maximum absolute atomic E-state index is 11.5. The number of rotatable bonds is 7. The first kappa shape index (κ1) is 18.6. The van der Waals surface area contributed by atoms with Crippen LogP contribution in [-0.2, 0) is 10.0 Å². The van der Waals surface area contributed by atoms with Gasteiger partial charge in [0.15, 0.2) is 5.82 Å². The van der Waals surface area contributed by atoms with Crippen molar-refractivity contribution in [2.24, 2.45) is 0 Å². The predicted molar refractivity (Wildman–Crippen MR) is 106 cm³/mol. The summed E-state index contributed by atoms with van der Waals surface area (Å²) in [4.78, 5) is 9.21. The summed E-state index contributed by atoms with van der Waals surface area (Å²) >= 11 is 6.10. The lowest BCUT2D eigenvalue weighted by Crippen LogP contribution is -2.30. The number of hydrogen-bond acceptors (Lipinski definition) is 5. The van der Waals surface area contributed by atoms with Gasteiger partial charge in [-0.1, -0.05) is 41.9 Å². The Labute approximate surface area is 157 Å². The molecule has 0 amide bonds. The van der Waals surface area contributed by atoms with Crippen molar-refractivity contribution in [2.45, 2.75) is 6.92 Å². The van der Waals surface area contributed by atoms with Crippen molar-refractivity contribution in [3.05, 3.63) is 53.6 Å². The minimum Gasteiger partial charge on any atom is -0.368 e. The lowest BCUT2D eigenvalue weighted by Gasteiger charge is -2.12. The van der Waals surface area contributed by atoms with E-state index in [4.69, 9.17) is 11.6 Å². The van der Waals surface area contributed by atoms with Crippen LogP contribution in [0, 0.1) is 0 Å². The molecular weight excluding hydrogens is 372 g/mol. The van der Waals surface area contributed by atoms with E-state index in [1.807, 2.05) is 36.4 Å². The first-order valence-electron chi connectivity index (χ1n) is 8.22. The number of fused-ring (bicyclic) bond motifs is 1. The normalized spacial score (nSPS) is 11.6. The average molecular weight is 391 g/mol. The van der Waals surface area contributed by atoms with Crippen LogP contribution in [0.15, 0.2) is 48.5 Å². The van der Waals surface area contributed by atoms with Gasteiger partial charge in [0, 0.05) is 29.1 Å². The lowest BCUT2D eigenvalue weighted by atomic mass is 10.2. The predicted octanol–water partition coefficient (Wildman–Crippen LogP) is 3.30. The summed E-state index contributed by atoms with van der Waals surface area (Å²) in [6.45, 7) is 2.28. The summed E-state index contributed by atoms with van der Waals surface area (Å²) in [6.07, 6.45) is 0. The Morgan fingerprint density at radius 1 is 1.04 bits per heavy atom. The second-order valence-electron chi connectivity index (χ2n) is 5.65. The van der Waals surface area contributed by atoms with Gasteiger partial charge in [-0.2, -0.15) is 0 Å². The third kappa shape index (κ3) is 4.49. The summed E-state index contributed by atoms with van der Waals surface area (Å²) in [6, 6.07) is 15.1. The SMILES string of the molecule is CCS(=O)(=O)NCCNc1nc(-c2ccccc2)nc2cc(Cl)ccc12. The van der Waals surface area contributed by atoms with Crippen LogP contribution in [-0.4, -0.2) is 37.2 Å². The molecule has 0 spiro atoms. The third-order valence-electron chi connectivity index (χ3n) is 3.81. The van der Waals surface area contributed by atoms with Crippen molar-refractivity contribution in [1.29, 1.82) is 0 Å². The summed E-state index contributed by atoms with van der Waals surface area (Å²) in [5.74, 6) is 1.28. The van der Waals surface area contributed by atoms with Crippen LogP contribution in [0.3, 0.4) is 0 Å². The Morgan fingerprint density at radius 3 is 2.54 bits per heavy atom. The van der Waals surface area contributed by atoms with E-state index in [-0.39, 0.29) is 12.3 Å². The second kappa shape index (κ2) is 7.99. The first-order chi connectivity index (χ1) is 12.5. The third-order valence-corrected chi connectivity index (χ3v) is 5.45. The average Bonchev–Trinajstić information content (AvgIpc) is 2.65. The molecule has 2 aromatic carbocycles. The first-order valence-corrected chi connectivity index (χ1v) is 10.3. The number of benzene rings is 2. The van der Waals surface area contributed by atoms with Gasteiger partial charge in [-0.25, -0.2) is 23.1 Å². The largest absolute Gasteiger partial charge is 0.368 e. The number of nitrogens with zero attached hydrogens (tertiary/aromatic N) is 2. The highest BCUT2D eigenvalue weighted by Crippen LogP contribution is 2.26. The fourth-order valence-electron chi connectivity index (χ4n) is 2.44. The molecule has 1 heterocycles. The molecule has 0 fully saturated rings. The smallest absolute Gasteiger partial charge is 0.211 e. The van der Waals surface area contributed by atoms with E-state index in [2.05, 4.69) is 20.0 Å². The molecule has 3 rings (SSSR count). The van der Waals surface area contributed by atoms with Crippen LogP contribution in [0.4, 0.5) is 5.82 Å². The molecule has 1 aromatic heterocycles. The maximum Gasteiger partial charge on any atom is 0.211 e. The van der Waals surface area contributed by atoms with E-state index >= 15 is 0 Å². The number of hydrogen-bond donors (Lipinski definition) is 2. The molecule has 0 bridgehead atoms. The molecule has 136 valence electrons. The molecule has 0 radical (unpaired) electrons. The van der Waals surface area contributed by atoms with Gasteiger partial charge in [0.05, 0.1) is 11.3 Å². The minimum atomic E-state index is -3.21. The number of anilines is 1. The van der Waals surface area contributed by atoms with Gasteiger partial charge < -0.3 is 5.32 Å². The number of nitrogens with one attached hydrogen (secondary N) is 2. The molecule has 0 saturated carbocycles. The molecule has 0 saturated heterocycles. The molecule has 3 aromatic rings. The van der Waals surface area contributed by atoms with Crippen LogP contribution >= 0.6 is 11.6 Å². The number of sulfonamides is 1. The van der Waals surface area contributed by atoms with Gasteiger partial charge in [-0.05, 0) is 25.1 Å². The van der Waals surface area contributed by atoms with Gasteiger partial charge in [-0.15, -0.1) is 0 Å². The number of halogens is 1. The Kier molecular flexibility index (Phi) is 5.70. The molecule has 0 aliphatic carbocycles. The van der Waals surface area contributed by atoms with E-state index in [9.17, 15) is 8.42 Å². The standard InChI is InChI=1S/C18H19ClN4O2S/c1-2-26(24,25)21-11-10-20-18-15-9-8-14(19)12-16(15)22-17(23-18)13-6-4-3-5-7-13/h3-9,12,21H,2,10-11H2,1H3,(H,20,22,23). The second-order valence-corrected chi connectivity index (χ2v) is 8.18. The van der Waals surface area contributed by atoms with Crippen LogP contribution in [0.2, 0.25) is 5.02 Å². The summed E-state index contributed by atoms with van der Waals surface area (Å²) in [7, 11) is -3.21. The van der Waals surface area contributed by atoms with E-state index in [0.29, 0.717) is 23.2 Å². The van der Waals surface area contributed by atoms with Crippen LogP contribution in [0.1, 0.15) is 6.92 Å². The van der Waals surface area contributed by atoms with Crippen molar-refractivity contribution in [3.63, 3.8) is 0 Å². The Hall–Kier alpha value is -2.22. The van der Waals surface area contributed by atoms with Crippen molar-refractivity contribution >= 4 is 38.3 Å². The molecule has 0 aliphatic heterocycles.